The van der Waals surface area contributed by atoms with Crippen LogP contribution in [0.15, 0.2) is 24.4 Å². The average molecular weight is 396 g/mol. The van der Waals surface area contributed by atoms with Gasteiger partial charge in [0.1, 0.15) is 11.5 Å². The highest BCUT2D eigenvalue weighted by Crippen LogP contribution is 2.22. The Bertz CT molecular complexity index is 835. The zero-order chi connectivity index (χ0) is 18.7. The minimum atomic E-state index is -0.502. The normalized spacial score (nSPS) is 14.2. The molecule has 2 heterocycles. The second kappa shape index (κ2) is 8.01. The number of hydrogen-bond donors (Lipinski definition) is 2. The van der Waals surface area contributed by atoms with Crippen LogP contribution >= 0.6 is 23.8 Å². The van der Waals surface area contributed by atoms with Gasteiger partial charge in [0.25, 0.3) is 5.91 Å². The van der Waals surface area contributed by atoms with Crippen LogP contribution in [0, 0.1) is 5.82 Å². The third-order valence-electron chi connectivity index (χ3n) is 4.21. The van der Waals surface area contributed by atoms with Crippen LogP contribution in [-0.4, -0.2) is 38.8 Å². The Balaban J connectivity index is 1.72. The lowest BCUT2D eigenvalue weighted by molar-refractivity contribution is 0.0714. The van der Waals surface area contributed by atoms with Crippen molar-refractivity contribution in [2.75, 3.05) is 23.7 Å². The average Bonchev–Trinajstić information content (AvgIpc) is 2.98. The second-order valence-electron chi connectivity index (χ2n) is 6.09. The van der Waals surface area contributed by atoms with Gasteiger partial charge in [-0.2, -0.15) is 5.10 Å². The number of benzene rings is 1. The van der Waals surface area contributed by atoms with Crippen molar-refractivity contribution >= 4 is 46.2 Å². The number of likely N-dealkylation sites (tertiary alicyclic amines) is 1. The van der Waals surface area contributed by atoms with Crippen molar-refractivity contribution in [1.29, 1.82) is 0 Å². The van der Waals surface area contributed by atoms with Gasteiger partial charge in [0.15, 0.2) is 5.11 Å². The van der Waals surface area contributed by atoms with E-state index in [-0.39, 0.29) is 16.0 Å². The maximum absolute atomic E-state index is 13.2. The first-order valence-electron chi connectivity index (χ1n) is 8.30. The quantitative estimate of drug-likeness (QED) is 0.777. The summed E-state index contributed by atoms with van der Waals surface area (Å²) in [6, 6.07) is 4.22. The summed E-state index contributed by atoms with van der Waals surface area (Å²) in [6.07, 6.45) is 4.73. The molecule has 138 valence electrons. The third kappa shape index (κ3) is 4.13. The molecule has 6 nitrogen and oxygen atoms in total. The molecule has 2 N–H and O–H groups in total. The van der Waals surface area contributed by atoms with Gasteiger partial charge in [-0.05, 0) is 49.7 Å². The number of anilines is 2. The predicted octanol–water partition coefficient (Wildman–Crippen LogP) is 3.65. The van der Waals surface area contributed by atoms with Crippen molar-refractivity contribution in [3.05, 3.63) is 40.9 Å². The molecule has 0 bridgehead atoms. The molecule has 1 fully saturated rings. The number of nitrogens with zero attached hydrogens (tertiary/aromatic N) is 3. The van der Waals surface area contributed by atoms with E-state index in [0.717, 1.165) is 32.4 Å². The smallest absolute Gasteiger partial charge is 0.274 e. The Kier molecular flexibility index (Phi) is 5.73. The molecule has 3 rings (SSSR count). The Morgan fingerprint density at radius 3 is 2.69 bits per heavy atom. The number of carbonyl (C=O) groups is 1. The van der Waals surface area contributed by atoms with Crippen molar-refractivity contribution in [3.63, 3.8) is 0 Å². The molecule has 1 aliphatic rings. The zero-order valence-corrected chi connectivity index (χ0v) is 15.8. The summed E-state index contributed by atoms with van der Waals surface area (Å²) in [6.45, 7) is 1.50. The number of rotatable bonds is 3. The lowest BCUT2D eigenvalue weighted by Crippen LogP contribution is -2.37. The van der Waals surface area contributed by atoms with E-state index in [1.807, 2.05) is 4.90 Å². The van der Waals surface area contributed by atoms with E-state index in [1.54, 1.807) is 13.2 Å². The molecule has 0 aliphatic carbocycles. The number of nitrogens with one attached hydrogen (secondary N) is 2. The maximum atomic E-state index is 13.2. The molecule has 1 saturated heterocycles. The molecule has 2 aromatic rings. The van der Waals surface area contributed by atoms with E-state index in [4.69, 9.17) is 23.8 Å². The summed E-state index contributed by atoms with van der Waals surface area (Å²) < 4.78 is 14.8. The summed E-state index contributed by atoms with van der Waals surface area (Å²) in [5.41, 5.74) is 1.52. The molecule has 1 aliphatic heterocycles. The van der Waals surface area contributed by atoms with Crippen LogP contribution in [0.1, 0.15) is 29.8 Å². The molecule has 0 radical (unpaired) electrons. The van der Waals surface area contributed by atoms with E-state index in [9.17, 15) is 9.18 Å². The van der Waals surface area contributed by atoms with Crippen LogP contribution in [0.4, 0.5) is 15.8 Å². The second-order valence-corrected chi connectivity index (χ2v) is 6.91. The zero-order valence-electron chi connectivity index (χ0n) is 14.3. The summed E-state index contributed by atoms with van der Waals surface area (Å²) in [5.74, 6) is -0.572. The number of thiocarbonyl (C=S) groups is 1. The predicted molar refractivity (Wildman–Crippen MR) is 104 cm³/mol. The highest BCUT2D eigenvalue weighted by molar-refractivity contribution is 7.80. The van der Waals surface area contributed by atoms with Crippen molar-refractivity contribution in [1.82, 2.24) is 14.7 Å². The summed E-state index contributed by atoms with van der Waals surface area (Å²) >= 11 is 11.1. The molecule has 0 atom stereocenters. The van der Waals surface area contributed by atoms with Gasteiger partial charge in [-0.3, -0.25) is 9.48 Å². The van der Waals surface area contributed by atoms with E-state index >= 15 is 0 Å². The van der Waals surface area contributed by atoms with Crippen LogP contribution in [0.5, 0.6) is 0 Å². The van der Waals surface area contributed by atoms with Gasteiger partial charge in [-0.1, -0.05) is 11.6 Å². The summed E-state index contributed by atoms with van der Waals surface area (Å²) in [7, 11) is 1.72. The third-order valence-corrected chi connectivity index (χ3v) is 4.70. The highest BCUT2D eigenvalue weighted by Gasteiger charge is 2.24. The van der Waals surface area contributed by atoms with Crippen molar-refractivity contribution in [2.24, 2.45) is 7.05 Å². The number of aromatic nitrogens is 2. The first-order valence-corrected chi connectivity index (χ1v) is 9.08. The molecule has 0 saturated carbocycles. The fourth-order valence-electron chi connectivity index (χ4n) is 2.89. The Hall–Kier alpha value is -2.19. The van der Waals surface area contributed by atoms with E-state index in [1.165, 1.54) is 22.9 Å². The number of halogens is 2. The summed E-state index contributed by atoms with van der Waals surface area (Å²) in [4.78, 5) is 14.7. The first-order chi connectivity index (χ1) is 12.5. The van der Waals surface area contributed by atoms with Crippen LogP contribution in [0.3, 0.4) is 0 Å². The van der Waals surface area contributed by atoms with Gasteiger partial charge in [-0.25, -0.2) is 4.39 Å². The van der Waals surface area contributed by atoms with Crippen molar-refractivity contribution in [2.45, 2.75) is 19.3 Å². The van der Waals surface area contributed by atoms with Crippen molar-refractivity contribution in [3.8, 4) is 0 Å². The van der Waals surface area contributed by atoms with Gasteiger partial charge in [0.2, 0.25) is 0 Å². The molecular formula is C17H19ClFN5OS. The largest absolute Gasteiger partial charge is 0.337 e. The van der Waals surface area contributed by atoms with Gasteiger partial charge >= 0.3 is 0 Å². The van der Waals surface area contributed by atoms with E-state index < -0.39 is 5.82 Å². The lowest BCUT2D eigenvalue weighted by Gasteiger charge is -2.27. The SMILES string of the molecule is Cn1ncc(NC(=S)Nc2ccc(F)c(Cl)c2)c1C(=O)N1CCCCC1. The van der Waals surface area contributed by atoms with Crippen LogP contribution in [-0.2, 0) is 7.05 Å². The van der Waals surface area contributed by atoms with Gasteiger partial charge in [0, 0.05) is 25.8 Å². The standard InChI is InChI=1S/C17H19ClFN5OS/c1-23-15(16(25)24-7-3-2-4-8-24)14(10-20-23)22-17(26)21-11-5-6-13(19)12(18)9-11/h5-6,9-10H,2-4,7-8H2,1H3,(H2,21,22,26). The molecule has 1 aromatic heterocycles. The first kappa shape index (κ1) is 18.6. The molecule has 0 unspecified atom stereocenters. The minimum absolute atomic E-state index is 0.000132. The van der Waals surface area contributed by atoms with E-state index in [0.29, 0.717) is 17.1 Å². The van der Waals surface area contributed by atoms with Crippen LogP contribution in [0.2, 0.25) is 5.02 Å². The molecule has 1 amide bonds. The topological polar surface area (TPSA) is 62.2 Å². The lowest BCUT2D eigenvalue weighted by atomic mass is 10.1. The number of carbonyl (C=O) groups excluding carboxylic acids is 1. The molecule has 1 aromatic carbocycles. The van der Waals surface area contributed by atoms with Crippen molar-refractivity contribution < 1.29 is 9.18 Å². The van der Waals surface area contributed by atoms with Gasteiger partial charge in [0.05, 0.1) is 16.9 Å². The number of piperidine rings is 1. The monoisotopic (exact) mass is 395 g/mol. The van der Waals surface area contributed by atoms with Gasteiger partial charge in [-0.15, -0.1) is 0 Å². The number of aryl methyl sites for hydroxylation is 1. The maximum Gasteiger partial charge on any atom is 0.274 e. The fourth-order valence-corrected chi connectivity index (χ4v) is 3.30. The summed E-state index contributed by atoms with van der Waals surface area (Å²) in [5, 5.41) is 10.3. The van der Waals surface area contributed by atoms with Gasteiger partial charge < -0.3 is 15.5 Å². The van der Waals surface area contributed by atoms with E-state index in [2.05, 4.69) is 15.7 Å². The van der Waals surface area contributed by atoms with Crippen LogP contribution < -0.4 is 10.6 Å². The molecule has 9 heteroatoms. The van der Waals surface area contributed by atoms with Crippen LogP contribution in [0.25, 0.3) is 0 Å². The molecule has 0 spiro atoms. The highest BCUT2D eigenvalue weighted by atomic mass is 35.5. The Labute approximate surface area is 161 Å². The Morgan fingerprint density at radius 1 is 1.27 bits per heavy atom. The molecule has 26 heavy (non-hydrogen) atoms. The Morgan fingerprint density at radius 2 is 2.00 bits per heavy atom. The fraction of sp³-hybridized carbons (Fsp3) is 0.353. The number of amides is 1. The molecular weight excluding hydrogens is 377 g/mol. The number of hydrogen-bond acceptors (Lipinski definition) is 3. The minimum Gasteiger partial charge on any atom is -0.337 e.